The van der Waals surface area contributed by atoms with Gasteiger partial charge in [0.25, 0.3) is 33.1 Å². The summed E-state index contributed by atoms with van der Waals surface area (Å²) in [6.07, 6.45) is 3.83. The normalized spacial score (nSPS) is 10.8. The quantitative estimate of drug-likeness (QED) is 0.00495. The number of halogens is 8. The minimum absolute atomic E-state index is 0.0376. The Hall–Kier alpha value is -9.83. The number of non-ortho nitro benzene ring substituents is 2. The molecule has 0 aliphatic heterocycles. The summed E-state index contributed by atoms with van der Waals surface area (Å²) in [7, 11) is -20.3. The number of carbonyl (C=O) groups is 3. The molecule has 0 unspecified atom stereocenters. The van der Waals surface area contributed by atoms with Crippen molar-refractivity contribution in [2.75, 3.05) is 40.1 Å². The van der Waals surface area contributed by atoms with Crippen molar-refractivity contribution in [3.63, 3.8) is 0 Å². The predicted octanol–water partition coefficient (Wildman–Crippen LogP) is 8.13. The number of aromatic amines is 3. The van der Waals surface area contributed by atoms with Crippen LogP contribution in [0.1, 0.15) is 11.1 Å². The first-order chi connectivity index (χ1) is 47.4. The van der Waals surface area contributed by atoms with Crippen LogP contribution in [0, 0.1) is 81.1 Å². The molecule has 0 atom stereocenters. The number of sulfonamides is 4. The number of amides is 2. The number of nitrogens with two attached hydrogens (primary N) is 5. The number of rotatable bonds is 13. The Balaban J connectivity index is 0.000000422. The fourth-order valence-electron chi connectivity index (χ4n) is 6.74. The molecule has 9 rings (SSSR count). The highest BCUT2D eigenvalue weighted by Gasteiger charge is 2.21. The van der Waals surface area contributed by atoms with Crippen LogP contribution in [0.4, 0.5) is 62.0 Å². The number of aryl methyl sites for hydroxylation is 2. The van der Waals surface area contributed by atoms with Gasteiger partial charge in [-0.1, -0.05) is 24.9 Å². The number of nitro benzene ring substituents is 2. The number of anilines is 3. The molecule has 0 radical (unpaired) electrons. The van der Waals surface area contributed by atoms with Gasteiger partial charge in [-0.05, 0) is 110 Å². The molecule has 9 aromatic rings. The molecule has 0 fully saturated rings. The van der Waals surface area contributed by atoms with Crippen molar-refractivity contribution in [2.24, 2.45) is 20.6 Å². The third kappa shape index (κ3) is 31.1. The molecule has 0 aliphatic carbocycles. The Morgan fingerprint density at radius 3 is 1.41 bits per heavy atom. The van der Waals surface area contributed by atoms with E-state index in [1.54, 1.807) is 13.1 Å². The van der Waals surface area contributed by atoms with E-state index in [0.717, 1.165) is 95.1 Å². The fourth-order valence-corrected chi connectivity index (χ4v) is 10.2. The van der Waals surface area contributed by atoms with Crippen molar-refractivity contribution in [3.05, 3.63) is 198 Å². The maximum absolute atomic E-state index is 13.5. The Kier molecular flexibility index (Phi) is 34.3. The first-order valence-corrected chi connectivity index (χ1v) is 37.1. The third-order valence-corrected chi connectivity index (χ3v) is 16.6. The zero-order valence-electron chi connectivity index (χ0n) is 51.8. The van der Waals surface area contributed by atoms with Crippen LogP contribution in [-0.4, -0.2) is 127 Å². The zero-order chi connectivity index (χ0) is 78.9. The van der Waals surface area contributed by atoms with Crippen LogP contribution in [0.25, 0.3) is 31.8 Å². The van der Waals surface area contributed by atoms with Gasteiger partial charge in [0.05, 0.1) is 38.8 Å². The molecular formula is C53H49Cl3F5N17O18S7. The van der Waals surface area contributed by atoms with Crippen molar-refractivity contribution >= 4 is 188 Å². The highest BCUT2D eigenvalue weighted by molar-refractivity contribution is 7.99. The number of nitrogen functional groups attached to an aromatic ring is 1. The number of imidazole rings is 2. The number of benzene rings is 5. The molecule has 16 N–H and O–H groups in total. The summed E-state index contributed by atoms with van der Waals surface area (Å²) < 4.78 is 178. The summed E-state index contributed by atoms with van der Waals surface area (Å²) in [5, 5.41) is 44.0. The minimum atomic E-state index is -4.27. The average molecular weight is 1640 g/mol. The molecule has 103 heavy (non-hydrogen) atoms. The van der Waals surface area contributed by atoms with Gasteiger partial charge in [-0.15, -0.1) is 33.2 Å². The summed E-state index contributed by atoms with van der Waals surface area (Å²) in [4.78, 5) is 76.4. The number of pyridine rings is 2. The molecular weight excluding hydrogens is 1590 g/mol. The largest absolute Gasteiger partial charge is 0.399 e. The molecule has 2 amide bonds. The minimum Gasteiger partial charge on any atom is -0.399 e. The van der Waals surface area contributed by atoms with Gasteiger partial charge < -0.3 is 41.0 Å². The number of nitro groups is 2. The van der Waals surface area contributed by atoms with Crippen molar-refractivity contribution in [2.45, 2.75) is 38.6 Å². The van der Waals surface area contributed by atoms with Gasteiger partial charge in [0.15, 0.2) is 9.93 Å². The number of nitrogens with one attached hydrogen (secondary N) is 5. The van der Waals surface area contributed by atoms with Crippen LogP contribution >= 0.6 is 58.8 Å². The topological polar surface area (TPSA) is 577 Å². The van der Waals surface area contributed by atoms with E-state index in [1.165, 1.54) is 24.4 Å². The Morgan fingerprint density at radius 2 is 1.00 bits per heavy atom. The summed E-state index contributed by atoms with van der Waals surface area (Å²) in [6, 6.07) is 15.8. The number of aromatic nitrogens is 6. The van der Waals surface area contributed by atoms with E-state index in [9.17, 15) is 98.7 Å². The molecule has 0 saturated carbocycles. The number of hydrogen-bond acceptors (Lipinski definition) is 23. The van der Waals surface area contributed by atoms with Crippen LogP contribution in [-0.2, 0) is 64.6 Å². The second-order valence-electron chi connectivity index (χ2n) is 18.8. The van der Waals surface area contributed by atoms with Crippen molar-refractivity contribution in [1.82, 2.24) is 29.9 Å². The van der Waals surface area contributed by atoms with E-state index in [0.29, 0.717) is 50.7 Å². The van der Waals surface area contributed by atoms with Crippen molar-refractivity contribution in [3.8, 4) is 0 Å². The molecule has 0 aliphatic rings. The van der Waals surface area contributed by atoms with E-state index in [2.05, 4.69) is 55.4 Å². The highest BCUT2D eigenvalue weighted by atomic mass is 35.5. The molecule has 4 heterocycles. The lowest BCUT2D eigenvalue weighted by Crippen LogP contribution is -2.17. The summed E-state index contributed by atoms with van der Waals surface area (Å²) in [5.41, 5.74) is 9.39. The maximum atomic E-state index is 13.5. The molecule has 552 valence electrons. The zero-order valence-corrected chi connectivity index (χ0v) is 59.8. The lowest BCUT2D eigenvalue weighted by molar-refractivity contribution is -0.385. The van der Waals surface area contributed by atoms with Crippen LogP contribution in [0.5, 0.6) is 0 Å². The molecule has 4 aromatic heterocycles. The van der Waals surface area contributed by atoms with Gasteiger partial charge in [0.2, 0.25) is 57.1 Å². The number of thioether (sulfide) groups is 1. The predicted molar refractivity (Wildman–Crippen MR) is 370 cm³/mol. The van der Waals surface area contributed by atoms with Gasteiger partial charge in [0, 0.05) is 52.5 Å². The number of carbonyl (C=O) groups excluding carboxylic acids is 3. The van der Waals surface area contributed by atoms with E-state index >= 15 is 0 Å². The lowest BCUT2D eigenvalue weighted by atomic mass is 10.2. The van der Waals surface area contributed by atoms with Crippen LogP contribution in [0.3, 0.4) is 0 Å². The molecule has 35 nitrogen and oxygen atoms in total. The molecule has 0 bridgehead atoms. The van der Waals surface area contributed by atoms with Gasteiger partial charge in [0.1, 0.15) is 78.0 Å². The van der Waals surface area contributed by atoms with Crippen molar-refractivity contribution in [1.29, 1.82) is 0 Å². The SMILES string of the molecule is CS(=O)(=O)O.NS(=O)(=O)c1cc(NC(=O)CCl)ccc1F.NS(=O)(=O)c1cc([N+](=O)[O-])ccc1F.Nc1ccc(F)c(S(N)(=O)=O)c1.O=C(Cl)CCl.O=[N+]([O-])c1ccc(F)cc1.[C-]#[N+]c1ncc2[nH]c(=S)[nH]c2c1C.[C-]#[N+]c1ncc2[nH]c(SCC(=O)Nc3ccc(F)c(S(N)(=O)=O)c3)nc2c1C. The van der Waals surface area contributed by atoms with E-state index in [1.807, 2.05) is 6.92 Å². The van der Waals surface area contributed by atoms with Crippen LogP contribution in [0.2, 0.25) is 0 Å². The third-order valence-electron chi connectivity index (χ3n) is 11.1. The van der Waals surface area contributed by atoms with Crippen LogP contribution in [0.15, 0.2) is 134 Å². The second-order valence-corrected chi connectivity index (χ2v) is 28.7. The van der Waals surface area contributed by atoms with Gasteiger partial charge in [-0.3, -0.25) is 39.2 Å². The lowest BCUT2D eigenvalue weighted by Gasteiger charge is -2.07. The van der Waals surface area contributed by atoms with Crippen molar-refractivity contribution < 1.29 is 92.8 Å². The van der Waals surface area contributed by atoms with E-state index in [-0.39, 0.29) is 46.1 Å². The standard InChI is InChI=1S/C16H13FN6O3S2.C8H8ClFN2O3S.C8H6N4S.C6H5FN2O4S.C6H7FN2O2S.C6H4FNO2.C2H2Cl2O.CH4O3S/c1-8-14-11(6-20-15(8)19-2)22-16(23-14)27-7-13(24)21-9-3-4-10(17)12(5-9)28(18,25)26;9-4-8(13)12-5-1-2-6(10)7(3-5)16(11,14)15;1-4-6-5(11-8(13)12-6)3-10-7(4)9-2;7-5-2-1-4(9(10)11)3-6(5)14(8,12)13;7-5-2-1-4(8)3-6(5)12(9,10)11;7-5-1-3-6(4-2-5)8(9)10;3-1-2(4)5;1-5(2,3)4/h3-6H,7H2,1H3,(H,21,24)(H,22,23)(H2,18,25,26);1-3H,4H2,(H,12,13)(H2,11,14,15);3H,1H3,(H2,11,12,13);1-3H,(H2,8,12,13);1-3H,8H2,(H2,9,10,11);1-4H;1H2;1H3,(H,2,3,4). The number of hydrogen-bond donors (Lipinski definition) is 11. The van der Waals surface area contributed by atoms with E-state index in [4.69, 9.17) is 85.9 Å². The first-order valence-electron chi connectivity index (χ1n) is 26.2. The monoisotopic (exact) mass is 1640 g/mol. The first kappa shape index (κ1) is 89.3. The van der Waals surface area contributed by atoms with Gasteiger partial charge >= 0.3 is 0 Å². The molecule has 0 saturated heterocycles. The summed E-state index contributed by atoms with van der Waals surface area (Å²) in [6.45, 7) is 17.5. The smallest absolute Gasteiger partial charge is 0.274 e. The van der Waals surface area contributed by atoms with Gasteiger partial charge in [-0.25, -0.2) is 81.2 Å². The fraction of sp³-hybridized carbons (Fsp3) is 0.113. The number of fused-ring (bicyclic) bond motifs is 2. The second kappa shape index (κ2) is 39.6. The Labute approximate surface area is 603 Å². The highest BCUT2D eigenvalue weighted by Crippen LogP contribution is 2.28. The Bertz CT molecular complexity index is 5400. The molecule has 5 aromatic carbocycles. The maximum Gasteiger partial charge on any atom is 0.274 e. The number of nitrogens with zero attached hydrogens (tertiary/aromatic N) is 7. The molecule has 0 spiro atoms. The summed E-state index contributed by atoms with van der Waals surface area (Å²) >= 11 is 20.8. The molecule has 50 heteroatoms. The Morgan fingerprint density at radius 1 is 0.612 bits per heavy atom. The summed E-state index contributed by atoms with van der Waals surface area (Å²) in [5.74, 6) is -5.19. The van der Waals surface area contributed by atoms with Gasteiger partial charge in [-0.2, -0.15) is 8.42 Å². The average Bonchev–Trinajstić information content (AvgIpc) is 1.76. The van der Waals surface area contributed by atoms with Crippen LogP contribution < -0.4 is 36.9 Å². The number of primary sulfonamides is 4. The number of H-pyrrole nitrogens is 3. The number of alkyl halides is 2. The van der Waals surface area contributed by atoms with E-state index < -0.39 is 131 Å².